The molecule has 0 unspecified atom stereocenters. The SMILES string of the molecule is CNC=O.C[Si](C)(C)CCCCl.N#C[O-].[K+]. The van der Waals surface area contributed by atoms with Crippen molar-refractivity contribution in [3.8, 4) is 6.26 Å². The molecule has 7 heteroatoms. The van der Waals surface area contributed by atoms with Crippen LogP contribution < -0.4 is 61.8 Å². The second kappa shape index (κ2) is 21.2. The van der Waals surface area contributed by atoms with Crippen LogP contribution in [0.3, 0.4) is 0 Å². The zero-order chi connectivity index (χ0) is 12.7. The van der Waals surface area contributed by atoms with Gasteiger partial charge >= 0.3 is 51.4 Å². The Hall–Kier alpha value is 0.903. The van der Waals surface area contributed by atoms with Crippen molar-refractivity contribution in [1.82, 2.24) is 5.32 Å². The summed E-state index contributed by atoms with van der Waals surface area (Å²) in [6, 6.07) is 1.37. The first-order valence-electron chi connectivity index (χ1n) is 4.57. The number of nitriles is 1. The van der Waals surface area contributed by atoms with Crippen molar-refractivity contribution in [3.63, 3.8) is 0 Å². The molecule has 0 fully saturated rings. The maximum absolute atomic E-state index is 9.06. The Morgan fingerprint density at radius 3 is 1.88 bits per heavy atom. The van der Waals surface area contributed by atoms with Gasteiger partial charge in [-0.2, -0.15) is 0 Å². The number of nitrogens with one attached hydrogen (secondary N) is 1. The third kappa shape index (κ3) is 60.5. The summed E-state index contributed by atoms with van der Waals surface area (Å²) in [5.41, 5.74) is 0. The summed E-state index contributed by atoms with van der Waals surface area (Å²) in [6.07, 6.45) is 2.33. The van der Waals surface area contributed by atoms with E-state index in [4.69, 9.17) is 26.8 Å². The summed E-state index contributed by atoms with van der Waals surface area (Å²) in [5, 5.41) is 17.2. The average molecular weight is 291 g/mol. The zero-order valence-corrected chi connectivity index (χ0v) is 15.7. The van der Waals surface area contributed by atoms with E-state index in [1.165, 1.54) is 12.5 Å². The Labute approximate surface area is 147 Å². The van der Waals surface area contributed by atoms with Gasteiger partial charge in [0.1, 0.15) is 0 Å². The number of alkyl halides is 1. The van der Waals surface area contributed by atoms with Crippen LogP contribution in [0.5, 0.6) is 0 Å². The second-order valence-electron chi connectivity index (χ2n) is 3.85. The fraction of sp³-hybridized carbons (Fsp3) is 0.778. The number of carbonyl (C=O) groups is 1. The van der Waals surface area contributed by atoms with E-state index in [0.29, 0.717) is 12.7 Å². The molecular formula is C9H20ClKN2O2Si. The van der Waals surface area contributed by atoms with E-state index in [2.05, 4.69) is 25.0 Å². The van der Waals surface area contributed by atoms with E-state index in [1.807, 2.05) is 0 Å². The molecule has 0 saturated heterocycles. The van der Waals surface area contributed by atoms with Gasteiger partial charge in [-0.3, -0.25) is 4.79 Å². The molecule has 90 valence electrons. The van der Waals surface area contributed by atoms with Gasteiger partial charge in [-0.1, -0.05) is 25.7 Å². The maximum Gasteiger partial charge on any atom is 1.00 e. The van der Waals surface area contributed by atoms with Crippen molar-refractivity contribution in [3.05, 3.63) is 0 Å². The molecule has 0 spiro atoms. The van der Waals surface area contributed by atoms with E-state index in [9.17, 15) is 0 Å². The number of hydrogen-bond acceptors (Lipinski definition) is 3. The monoisotopic (exact) mass is 290 g/mol. The molecule has 16 heavy (non-hydrogen) atoms. The molecule has 0 aliphatic carbocycles. The van der Waals surface area contributed by atoms with Gasteiger partial charge in [0.15, 0.2) is 0 Å². The summed E-state index contributed by atoms with van der Waals surface area (Å²) >= 11 is 5.53. The number of nitrogens with zero attached hydrogens (tertiary/aromatic N) is 1. The van der Waals surface area contributed by atoms with E-state index >= 15 is 0 Å². The molecule has 4 nitrogen and oxygen atoms in total. The molecule has 0 bridgehead atoms. The van der Waals surface area contributed by atoms with Gasteiger partial charge in [-0.15, -0.1) is 11.6 Å². The van der Waals surface area contributed by atoms with E-state index < -0.39 is 8.07 Å². The topological polar surface area (TPSA) is 76.0 Å². The second-order valence-corrected chi connectivity index (χ2v) is 9.85. The third-order valence-corrected chi connectivity index (χ3v) is 3.30. The first-order chi connectivity index (χ1) is 6.89. The van der Waals surface area contributed by atoms with Crippen LogP contribution in [0.25, 0.3) is 0 Å². The van der Waals surface area contributed by atoms with E-state index in [0.717, 1.165) is 5.88 Å². The fourth-order valence-corrected chi connectivity index (χ4v) is 2.19. The average Bonchev–Trinajstić information content (AvgIpc) is 2.15. The van der Waals surface area contributed by atoms with Crippen LogP contribution in [-0.4, -0.2) is 27.4 Å². The number of rotatable bonds is 4. The standard InChI is InChI=1S/C6H15ClSi.C2H5NO.CHNO.K/c1-8(2,3)6-4-5-7;1-3-2-4;2-1-3;/h4-6H2,1-3H3;2H,1H3,(H,3,4);3H;/q;;;+1/p-1. The maximum atomic E-state index is 9.06. The number of halogens is 1. The summed E-state index contributed by atoms with van der Waals surface area (Å²) in [6.45, 7) is 7.12. The van der Waals surface area contributed by atoms with Gasteiger partial charge in [-0.25, -0.2) is 5.26 Å². The van der Waals surface area contributed by atoms with Crippen LogP contribution in [0.15, 0.2) is 0 Å². The van der Waals surface area contributed by atoms with Crippen molar-refractivity contribution in [1.29, 1.82) is 5.26 Å². The van der Waals surface area contributed by atoms with Gasteiger partial charge < -0.3 is 10.4 Å². The minimum absolute atomic E-state index is 0. The number of amides is 1. The molecule has 0 saturated carbocycles. The van der Waals surface area contributed by atoms with Crippen LogP contribution in [0, 0.1) is 11.5 Å². The van der Waals surface area contributed by atoms with Gasteiger partial charge in [0.25, 0.3) is 0 Å². The van der Waals surface area contributed by atoms with Crippen LogP contribution in [0.2, 0.25) is 25.7 Å². The molecule has 0 radical (unpaired) electrons. The molecule has 1 N–H and O–H groups in total. The Balaban J connectivity index is -0.0000000767. The normalized spacial score (nSPS) is 7.75. The molecule has 0 aromatic carbocycles. The Morgan fingerprint density at radius 1 is 1.50 bits per heavy atom. The van der Waals surface area contributed by atoms with Crippen molar-refractivity contribution in [2.24, 2.45) is 0 Å². The predicted molar refractivity (Wildman–Crippen MR) is 64.2 cm³/mol. The van der Waals surface area contributed by atoms with Crippen molar-refractivity contribution in [2.75, 3.05) is 12.9 Å². The predicted octanol–water partition coefficient (Wildman–Crippen LogP) is -1.85. The van der Waals surface area contributed by atoms with Crippen LogP contribution in [0.1, 0.15) is 6.42 Å². The van der Waals surface area contributed by atoms with Crippen molar-refractivity contribution >= 4 is 26.1 Å². The minimum Gasteiger partial charge on any atom is -0.812 e. The van der Waals surface area contributed by atoms with Gasteiger partial charge in [0, 0.05) is 27.3 Å². The largest absolute Gasteiger partial charge is 1.00 e. The minimum atomic E-state index is -0.763. The molecule has 0 aromatic rings. The Bertz CT molecular complexity index is 172. The fourth-order valence-electron chi connectivity index (χ4n) is 0.597. The quantitative estimate of drug-likeness (QED) is 0.286. The molecule has 0 rings (SSSR count). The van der Waals surface area contributed by atoms with Gasteiger partial charge in [0.2, 0.25) is 6.41 Å². The zero-order valence-electron chi connectivity index (χ0n) is 10.8. The first-order valence-corrected chi connectivity index (χ1v) is 8.81. The first kappa shape index (κ1) is 25.7. The van der Waals surface area contributed by atoms with Gasteiger partial charge in [-0.05, 0) is 6.42 Å². The molecule has 0 heterocycles. The molecule has 0 aromatic heterocycles. The van der Waals surface area contributed by atoms with E-state index in [1.54, 1.807) is 7.05 Å². The molecular weight excluding hydrogens is 271 g/mol. The molecule has 0 atom stereocenters. The van der Waals surface area contributed by atoms with Crippen molar-refractivity contribution < 1.29 is 61.3 Å². The Kier molecular flexibility index (Phi) is 34.0. The smallest absolute Gasteiger partial charge is 0.812 e. The summed E-state index contributed by atoms with van der Waals surface area (Å²) in [5.74, 6) is 0.838. The third-order valence-electron chi connectivity index (χ3n) is 1.18. The molecule has 1 amide bonds. The van der Waals surface area contributed by atoms with Crippen LogP contribution in [0.4, 0.5) is 0 Å². The molecule has 0 aliphatic rings. The summed E-state index contributed by atoms with van der Waals surface area (Å²) in [4.78, 5) is 9.06. The van der Waals surface area contributed by atoms with Crippen LogP contribution in [-0.2, 0) is 4.79 Å². The molecule has 0 aliphatic heterocycles. The van der Waals surface area contributed by atoms with Gasteiger partial charge in [0.05, 0.1) is 0 Å². The van der Waals surface area contributed by atoms with Crippen molar-refractivity contribution in [2.45, 2.75) is 32.1 Å². The number of carbonyl (C=O) groups excluding carboxylic acids is 1. The van der Waals surface area contributed by atoms with E-state index in [-0.39, 0.29) is 51.4 Å². The van der Waals surface area contributed by atoms with Crippen LogP contribution >= 0.6 is 11.6 Å². The summed E-state index contributed by atoms with van der Waals surface area (Å²) < 4.78 is 0. The Morgan fingerprint density at radius 2 is 1.81 bits per heavy atom. The summed E-state index contributed by atoms with van der Waals surface area (Å²) in [7, 11) is 0.800. The number of hydrogen-bond donors (Lipinski definition) is 1.